The number of hydrogen-bond donors (Lipinski definition) is 0. The molecule has 0 atom stereocenters. The summed E-state index contributed by atoms with van der Waals surface area (Å²) in [5, 5.41) is 5.63. The quantitative estimate of drug-likeness (QED) is 0.847. The molecule has 1 aliphatic carbocycles. The minimum atomic E-state index is 0.000539. The lowest BCUT2D eigenvalue weighted by Crippen LogP contribution is -2.48. The Bertz CT molecular complexity index is 728. The molecule has 2 aromatic rings. The number of nitrogens with zero attached hydrogens (tertiary/aromatic N) is 4. The van der Waals surface area contributed by atoms with E-state index in [-0.39, 0.29) is 5.56 Å². The molecule has 6 heteroatoms. The minimum absolute atomic E-state index is 0.000539. The topological polar surface area (TPSA) is 51.0 Å². The summed E-state index contributed by atoms with van der Waals surface area (Å²) in [6.07, 6.45) is 4.67. The zero-order chi connectivity index (χ0) is 15.1. The molecule has 116 valence electrons. The summed E-state index contributed by atoms with van der Waals surface area (Å²) in [5.41, 5.74) is 0.897. The molecule has 2 fully saturated rings. The lowest BCUT2D eigenvalue weighted by molar-refractivity contribution is 0.0775. The van der Waals surface area contributed by atoms with Crippen LogP contribution in [-0.2, 0) is 13.1 Å². The fourth-order valence-electron chi connectivity index (χ4n) is 2.98. The van der Waals surface area contributed by atoms with E-state index in [1.165, 1.54) is 22.7 Å². The molecule has 22 heavy (non-hydrogen) atoms. The molecule has 0 aromatic carbocycles. The summed E-state index contributed by atoms with van der Waals surface area (Å²) in [7, 11) is 0. The van der Waals surface area contributed by atoms with Gasteiger partial charge in [0.1, 0.15) is 0 Å². The maximum atomic E-state index is 11.8. The summed E-state index contributed by atoms with van der Waals surface area (Å²) in [5.74, 6) is 1.28. The fraction of sp³-hybridized carbons (Fsp3) is 0.562. The van der Waals surface area contributed by atoms with Crippen molar-refractivity contribution >= 4 is 11.3 Å². The van der Waals surface area contributed by atoms with Crippen LogP contribution in [0, 0.1) is 12.8 Å². The van der Waals surface area contributed by atoms with Crippen LogP contribution >= 0.6 is 11.3 Å². The minimum Gasteiger partial charge on any atom is -0.297 e. The van der Waals surface area contributed by atoms with Crippen molar-refractivity contribution in [2.75, 3.05) is 13.1 Å². The molecule has 0 N–H and O–H groups in total. The third kappa shape index (κ3) is 2.98. The Balaban J connectivity index is 1.30. The smallest absolute Gasteiger partial charge is 0.266 e. The van der Waals surface area contributed by atoms with Crippen LogP contribution in [0.25, 0.3) is 0 Å². The van der Waals surface area contributed by atoms with Crippen molar-refractivity contribution in [3.05, 3.63) is 44.3 Å². The summed E-state index contributed by atoms with van der Waals surface area (Å²) in [4.78, 5) is 20.1. The molecular weight excluding hydrogens is 296 g/mol. The van der Waals surface area contributed by atoms with Gasteiger partial charge in [-0.2, -0.15) is 5.10 Å². The second kappa shape index (κ2) is 5.59. The van der Waals surface area contributed by atoms with Crippen LogP contribution in [0.15, 0.2) is 23.1 Å². The first-order valence-corrected chi connectivity index (χ1v) is 8.71. The third-order valence-corrected chi connectivity index (χ3v) is 5.49. The number of hydrogen-bond acceptors (Lipinski definition) is 5. The predicted molar refractivity (Wildman–Crippen MR) is 86.1 cm³/mol. The van der Waals surface area contributed by atoms with Gasteiger partial charge < -0.3 is 0 Å². The van der Waals surface area contributed by atoms with Gasteiger partial charge in [-0.1, -0.05) is 0 Å². The van der Waals surface area contributed by atoms with E-state index in [9.17, 15) is 4.79 Å². The molecule has 0 radical (unpaired) electrons. The number of aromatic nitrogens is 3. The van der Waals surface area contributed by atoms with Crippen molar-refractivity contribution in [2.45, 2.75) is 38.8 Å². The van der Waals surface area contributed by atoms with Crippen molar-refractivity contribution in [1.29, 1.82) is 0 Å². The van der Waals surface area contributed by atoms with E-state index in [4.69, 9.17) is 0 Å². The molecule has 5 nitrogen and oxygen atoms in total. The average Bonchev–Trinajstić information content (AvgIpc) is 3.20. The van der Waals surface area contributed by atoms with Crippen LogP contribution < -0.4 is 5.56 Å². The number of thiazole rings is 1. The monoisotopic (exact) mass is 316 g/mol. The predicted octanol–water partition coefficient (Wildman–Crippen LogP) is 2.02. The van der Waals surface area contributed by atoms with Gasteiger partial charge in [-0.15, -0.1) is 11.3 Å². The standard InChI is InChI=1S/C16H20N4OS/c1-11-2-5-15(21)20(18-11)9-12-7-19(8-12)10-14-6-17-16(22-14)13-3-4-13/h2,5-6,12-13H,3-4,7-10H2,1H3. The first-order valence-electron chi connectivity index (χ1n) is 7.89. The van der Waals surface area contributed by atoms with Crippen LogP contribution in [0.3, 0.4) is 0 Å². The molecule has 4 rings (SSSR count). The summed E-state index contributed by atoms with van der Waals surface area (Å²) in [6, 6.07) is 3.38. The normalized spacial score (nSPS) is 19.3. The van der Waals surface area contributed by atoms with E-state index in [1.54, 1.807) is 16.8 Å². The highest BCUT2D eigenvalue weighted by Crippen LogP contribution is 2.42. The Kier molecular flexibility index (Phi) is 3.58. The molecule has 2 aliphatic rings. The van der Waals surface area contributed by atoms with Crippen LogP contribution in [0.5, 0.6) is 0 Å². The van der Waals surface area contributed by atoms with Gasteiger partial charge in [0, 0.05) is 48.6 Å². The first-order chi connectivity index (χ1) is 10.7. The molecule has 0 amide bonds. The van der Waals surface area contributed by atoms with Crippen molar-refractivity contribution in [2.24, 2.45) is 5.92 Å². The number of likely N-dealkylation sites (tertiary alicyclic amines) is 1. The van der Waals surface area contributed by atoms with Crippen LogP contribution in [0.2, 0.25) is 0 Å². The van der Waals surface area contributed by atoms with Gasteiger partial charge in [-0.05, 0) is 25.8 Å². The Hall–Kier alpha value is -1.53. The number of rotatable bonds is 5. The summed E-state index contributed by atoms with van der Waals surface area (Å²) >= 11 is 1.87. The molecule has 2 aromatic heterocycles. The molecule has 1 saturated heterocycles. The zero-order valence-electron chi connectivity index (χ0n) is 12.7. The van der Waals surface area contributed by atoms with Crippen molar-refractivity contribution in [3.63, 3.8) is 0 Å². The lowest BCUT2D eigenvalue weighted by atomic mass is 10.0. The Morgan fingerprint density at radius 1 is 1.32 bits per heavy atom. The van der Waals surface area contributed by atoms with Gasteiger partial charge in [0.2, 0.25) is 0 Å². The van der Waals surface area contributed by atoms with E-state index in [0.717, 1.165) is 37.8 Å². The van der Waals surface area contributed by atoms with Crippen molar-refractivity contribution in [3.8, 4) is 0 Å². The van der Waals surface area contributed by atoms with Gasteiger partial charge in [-0.25, -0.2) is 9.67 Å². The Labute approximate surface area is 133 Å². The van der Waals surface area contributed by atoms with E-state index in [2.05, 4.69) is 15.0 Å². The van der Waals surface area contributed by atoms with Gasteiger partial charge in [0.15, 0.2) is 0 Å². The van der Waals surface area contributed by atoms with Crippen LogP contribution in [0.1, 0.15) is 34.3 Å². The number of aryl methyl sites for hydroxylation is 1. The second-order valence-electron chi connectivity index (χ2n) is 6.49. The summed E-state index contributed by atoms with van der Waals surface area (Å²) < 4.78 is 1.61. The van der Waals surface area contributed by atoms with Gasteiger partial charge in [0.05, 0.1) is 17.2 Å². The van der Waals surface area contributed by atoms with Gasteiger partial charge in [0.25, 0.3) is 5.56 Å². The first kappa shape index (κ1) is 14.1. The highest BCUT2D eigenvalue weighted by Gasteiger charge is 2.30. The Morgan fingerprint density at radius 2 is 2.14 bits per heavy atom. The third-order valence-electron chi connectivity index (χ3n) is 4.34. The van der Waals surface area contributed by atoms with E-state index >= 15 is 0 Å². The zero-order valence-corrected chi connectivity index (χ0v) is 13.6. The van der Waals surface area contributed by atoms with Crippen molar-refractivity contribution in [1.82, 2.24) is 19.7 Å². The molecule has 0 bridgehead atoms. The molecule has 0 unspecified atom stereocenters. The highest BCUT2D eigenvalue weighted by atomic mass is 32.1. The van der Waals surface area contributed by atoms with E-state index in [0.29, 0.717) is 5.92 Å². The molecular formula is C16H20N4OS. The SMILES string of the molecule is Cc1ccc(=O)n(CC2CN(Cc3cnc(C4CC4)s3)C2)n1. The maximum Gasteiger partial charge on any atom is 0.266 e. The molecule has 3 heterocycles. The van der Waals surface area contributed by atoms with Crippen molar-refractivity contribution < 1.29 is 0 Å². The van der Waals surface area contributed by atoms with Crippen LogP contribution in [0.4, 0.5) is 0 Å². The summed E-state index contributed by atoms with van der Waals surface area (Å²) in [6.45, 7) is 5.73. The average molecular weight is 316 g/mol. The van der Waals surface area contributed by atoms with Crippen LogP contribution in [-0.4, -0.2) is 32.8 Å². The molecule has 0 spiro atoms. The molecule has 1 saturated carbocycles. The second-order valence-corrected chi connectivity index (χ2v) is 7.64. The molecule has 1 aliphatic heterocycles. The highest BCUT2D eigenvalue weighted by molar-refractivity contribution is 7.11. The van der Waals surface area contributed by atoms with E-state index in [1.807, 2.05) is 24.5 Å². The Morgan fingerprint density at radius 3 is 2.91 bits per heavy atom. The van der Waals surface area contributed by atoms with Gasteiger partial charge in [-0.3, -0.25) is 9.69 Å². The van der Waals surface area contributed by atoms with E-state index < -0.39 is 0 Å². The largest absolute Gasteiger partial charge is 0.297 e. The fourth-order valence-corrected chi connectivity index (χ4v) is 4.11. The van der Waals surface area contributed by atoms with Gasteiger partial charge >= 0.3 is 0 Å². The maximum absolute atomic E-state index is 11.8. The lowest BCUT2D eigenvalue weighted by Gasteiger charge is -2.38.